The van der Waals surface area contributed by atoms with E-state index in [1.54, 1.807) is 35.6 Å². The van der Waals surface area contributed by atoms with Crippen molar-refractivity contribution in [3.8, 4) is 22.8 Å². The van der Waals surface area contributed by atoms with Gasteiger partial charge in [0.05, 0.1) is 30.2 Å². The van der Waals surface area contributed by atoms with Gasteiger partial charge in [-0.25, -0.2) is 10.5 Å². The van der Waals surface area contributed by atoms with Crippen molar-refractivity contribution in [3.05, 3.63) is 64.0 Å². The molecule has 0 bridgehead atoms. The van der Waals surface area contributed by atoms with Crippen LogP contribution in [0.2, 0.25) is 0 Å². The predicted molar refractivity (Wildman–Crippen MR) is 144 cm³/mol. The van der Waals surface area contributed by atoms with Gasteiger partial charge in [-0.2, -0.15) is 8.42 Å². The van der Waals surface area contributed by atoms with Crippen molar-refractivity contribution in [2.75, 3.05) is 19.5 Å². The Morgan fingerprint density at radius 3 is 2.06 bits per heavy atom. The van der Waals surface area contributed by atoms with Gasteiger partial charge in [0, 0.05) is 16.0 Å². The van der Waals surface area contributed by atoms with E-state index in [0.717, 1.165) is 47.5 Å². The number of ether oxygens (including phenoxy) is 2. The third kappa shape index (κ3) is 8.61. The SMILES string of the molecule is Cc1nc(-c2ccc(OCCCCCOc3ccc(C(=N)NOS(C)(=O)=O)cc3)cc2)c(C(C)C)s1. The van der Waals surface area contributed by atoms with E-state index in [2.05, 4.69) is 35.7 Å². The molecule has 36 heavy (non-hydrogen) atoms. The van der Waals surface area contributed by atoms with Crippen LogP contribution in [0, 0.1) is 12.3 Å². The number of hydroxylamine groups is 1. The maximum atomic E-state index is 11.0. The summed E-state index contributed by atoms with van der Waals surface area (Å²) >= 11 is 1.76. The van der Waals surface area contributed by atoms with Crippen LogP contribution in [-0.2, 0) is 14.4 Å². The van der Waals surface area contributed by atoms with Crippen LogP contribution in [0.3, 0.4) is 0 Å². The Balaban J connectivity index is 1.33. The number of aromatic nitrogens is 1. The van der Waals surface area contributed by atoms with Crippen molar-refractivity contribution < 1.29 is 22.2 Å². The van der Waals surface area contributed by atoms with E-state index in [4.69, 9.17) is 19.9 Å². The molecule has 1 aromatic heterocycles. The topological polar surface area (TPSA) is 111 Å². The second kappa shape index (κ2) is 12.8. The molecule has 0 spiro atoms. The number of hydrogen-bond acceptors (Lipinski definition) is 8. The number of benzene rings is 2. The Hall–Kier alpha value is -2.95. The van der Waals surface area contributed by atoms with Crippen molar-refractivity contribution in [2.24, 2.45) is 0 Å². The quantitative estimate of drug-likeness (QED) is 0.126. The Labute approximate surface area is 217 Å². The molecule has 2 aromatic carbocycles. The molecule has 2 N–H and O–H groups in total. The van der Waals surface area contributed by atoms with Crippen molar-refractivity contribution in [3.63, 3.8) is 0 Å². The summed E-state index contributed by atoms with van der Waals surface area (Å²) in [7, 11) is -3.68. The van der Waals surface area contributed by atoms with Gasteiger partial charge in [0.2, 0.25) is 0 Å². The van der Waals surface area contributed by atoms with Gasteiger partial charge in [0.25, 0.3) is 10.1 Å². The molecule has 0 unspecified atom stereocenters. The first-order chi connectivity index (χ1) is 17.1. The molecule has 0 radical (unpaired) electrons. The smallest absolute Gasteiger partial charge is 0.285 e. The van der Waals surface area contributed by atoms with E-state index < -0.39 is 10.1 Å². The lowest BCUT2D eigenvalue weighted by Gasteiger charge is -2.10. The average molecular weight is 532 g/mol. The number of nitrogens with zero attached hydrogens (tertiary/aromatic N) is 1. The van der Waals surface area contributed by atoms with Crippen LogP contribution in [0.5, 0.6) is 11.5 Å². The molecule has 0 aliphatic heterocycles. The van der Waals surface area contributed by atoms with Gasteiger partial charge in [-0.15, -0.1) is 15.6 Å². The fraction of sp³-hybridized carbons (Fsp3) is 0.385. The molecule has 0 saturated carbocycles. The highest BCUT2D eigenvalue weighted by Crippen LogP contribution is 2.34. The molecule has 0 amide bonds. The fourth-order valence-corrected chi connectivity index (χ4v) is 4.59. The molecule has 0 aliphatic carbocycles. The summed E-state index contributed by atoms with van der Waals surface area (Å²) in [5.41, 5.74) is 4.78. The standard InChI is InChI=1S/C26H33N3O5S2/c1-18(2)25-24(28-19(3)35-25)20-8-12-22(13-9-20)32-16-6-5-7-17-33-23-14-10-21(11-15-23)26(27)29-34-36(4,30)31/h8-15,18H,5-7,16-17H2,1-4H3,(H2,27,29). The van der Waals surface area contributed by atoms with Crippen LogP contribution >= 0.6 is 11.3 Å². The van der Waals surface area contributed by atoms with Gasteiger partial charge in [0.15, 0.2) is 5.84 Å². The lowest BCUT2D eigenvalue weighted by Crippen LogP contribution is -2.26. The first-order valence-electron chi connectivity index (χ1n) is 11.8. The summed E-state index contributed by atoms with van der Waals surface area (Å²) in [5, 5.41) is 8.88. The zero-order valence-corrected chi connectivity index (χ0v) is 22.7. The van der Waals surface area contributed by atoms with Crippen LogP contribution in [0.1, 0.15) is 54.5 Å². The highest BCUT2D eigenvalue weighted by atomic mass is 32.2. The third-order valence-electron chi connectivity index (χ3n) is 5.18. The molecule has 194 valence electrons. The monoisotopic (exact) mass is 531 g/mol. The number of hydrogen-bond donors (Lipinski definition) is 2. The van der Waals surface area contributed by atoms with Crippen molar-refractivity contribution in [1.82, 2.24) is 10.5 Å². The summed E-state index contributed by atoms with van der Waals surface area (Å²) in [6.45, 7) is 7.66. The molecule has 3 rings (SSSR count). The summed E-state index contributed by atoms with van der Waals surface area (Å²) in [4.78, 5) is 6.03. The van der Waals surface area contributed by atoms with E-state index in [0.29, 0.717) is 30.4 Å². The van der Waals surface area contributed by atoms with Crippen LogP contribution in [-0.4, -0.2) is 38.7 Å². The molecule has 0 fully saturated rings. The highest BCUT2D eigenvalue weighted by molar-refractivity contribution is 7.85. The van der Waals surface area contributed by atoms with E-state index in [1.807, 2.05) is 19.1 Å². The van der Waals surface area contributed by atoms with E-state index in [9.17, 15) is 8.42 Å². The van der Waals surface area contributed by atoms with Crippen LogP contribution in [0.4, 0.5) is 0 Å². The maximum absolute atomic E-state index is 11.0. The van der Waals surface area contributed by atoms with E-state index in [-0.39, 0.29) is 5.84 Å². The Morgan fingerprint density at radius 1 is 0.972 bits per heavy atom. The predicted octanol–water partition coefficient (Wildman–Crippen LogP) is 5.68. The number of rotatable bonds is 13. The molecule has 3 aromatic rings. The highest BCUT2D eigenvalue weighted by Gasteiger charge is 2.14. The number of thiazole rings is 1. The molecule has 1 heterocycles. The van der Waals surface area contributed by atoms with Gasteiger partial charge in [-0.3, -0.25) is 5.41 Å². The van der Waals surface area contributed by atoms with Gasteiger partial charge in [0.1, 0.15) is 11.5 Å². The lowest BCUT2D eigenvalue weighted by molar-refractivity contribution is 0.270. The Kier molecular flexibility index (Phi) is 9.86. The maximum Gasteiger partial charge on any atom is 0.285 e. The van der Waals surface area contributed by atoms with Crippen molar-refractivity contribution in [1.29, 1.82) is 5.41 Å². The summed E-state index contributed by atoms with van der Waals surface area (Å²) < 4.78 is 38.0. The largest absolute Gasteiger partial charge is 0.494 e. The fourth-order valence-electron chi connectivity index (χ4n) is 3.41. The molecular weight excluding hydrogens is 498 g/mol. The Morgan fingerprint density at radius 2 is 1.53 bits per heavy atom. The molecule has 0 atom stereocenters. The van der Waals surface area contributed by atoms with Gasteiger partial charge >= 0.3 is 0 Å². The Bertz CT molecular complexity index is 1240. The van der Waals surface area contributed by atoms with Crippen molar-refractivity contribution in [2.45, 2.75) is 46.0 Å². The number of aryl methyl sites for hydroxylation is 1. The van der Waals surface area contributed by atoms with Crippen LogP contribution in [0.15, 0.2) is 48.5 Å². The molecule has 8 nitrogen and oxygen atoms in total. The lowest BCUT2D eigenvalue weighted by atomic mass is 10.1. The van der Waals surface area contributed by atoms with Gasteiger partial charge in [-0.05, 0) is 80.6 Å². The summed E-state index contributed by atoms with van der Waals surface area (Å²) in [6, 6.07) is 14.9. The second-order valence-corrected chi connectivity index (χ2v) is 11.5. The van der Waals surface area contributed by atoms with Crippen LogP contribution in [0.25, 0.3) is 11.3 Å². The third-order valence-corrected chi connectivity index (χ3v) is 6.83. The summed E-state index contributed by atoms with van der Waals surface area (Å²) in [5.74, 6) is 1.84. The molecule has 10 heteroatoms. The first kappa shape index (κ1) is 27.6. The van der Waals surface area contributed by atoms with Gasteiger partial charge < -0.3 is 9.47 Å². The van der Waals surface area contributed by atoms with Crippen molar-refractivity contribution >= 4 is 27.3 Å². The van der Waals surface area contributed by atoms with Crippen LogP contribution < -0.4 is 15.0 Å². The summed E-state index contributed by atoms with van der Waals surface area (Å²) in [6.07, 6.45) is 3.70. The molecule has 0 saturated heterocycles. The normalized spacial score (nSPS) is 11.5. The number of unbranched alkanes of at least 4 members (excludes halogenated alkanes) is 2. The average Bonchev–Trinajstić information content (AvgIpc) is 3.24. The van der Waals surface area contributed by atoms with Gasteiger partial charge in [-0.1, -0.05) is 13.8 Å². The molecule has 0 aliphatic rings. The van der Waals surface area contributed by atoms with E-state index in [1.165, 1.54) is 4.88 Å². The zero-order valence-electron chi connectivity index (χ0n) is 21.0. The minimum Gasteiger partial charge on any atom is -0.494 e. The first-order valence-corrected chi connectivity index (χ1v) is 14.4. The molecular formula is C26H33N3O5S2. The van der Waals surface area contributed by atoms with E-state index >= 15 is 0 Å². The minimum absolute atomic E-state index is 0.153. The number of nitrogens with one attached hydrogen (secondary N) is 2. The second-order valence-electron chi connectivity index (χ2n) is 8.67. The zero-order chi connectivity index (χ0) is 26.1. The number of amidine groups is 1. The minimum atomic E-state index is -3.68.